The summed E-state index contributed by atoms with van der Waals surface area (Å²) in [6.45, 7) is 1.67. The highest BCUT2D eigenvalue weighted by molar-refractivity contribution is 5.85. The molecule has 1 atom stereocenters. The lowest BCUT2D eigenvalue weighted by atomic mass is 10.1. The summed E-state index contributed by atoms with van der Waals surface area (Å²) < 4.78 is 50.7. The largest absolute Gasteiger partial charge is 0.416 e. The van der Waals surface area contributed by atoms with E-state index >= 15 is 0 Å². The summed E-state index contributed by atoms with van der Waals surface area (Å²) in [5, 5.41) is 0. The van der Waals surface area contributed by atoms with Gasteiger partial charge in [0.05, 0.1) is 5.56 Å². The van der Waals surface area contributed by atoms with E-state index in [1.165, 1.54) is 0 Å². The maximum atomic E-state index is 13.2. The molecule has 1 aliphatic heterocycles. The van der Waals surface area contributed by atoms with Gasteiger partial charge in [-0.25, -0.2) is 4.39 Å². The molecule has 7 heteroatoms. The van der Waals surface area contributed by atoms with Gasteiger partial charge in [0.1, 0.15) is 5.82 Å². The first-order chi connectivity index (χ1) is 8.34. The molecular formula is C12H15ClF4N2. The van der Waals surface area contributed by atoms with Gasteiger partial charge in [0, 0.05) is 25.7 Å². The fourth-order valence-electron chi connectivity index (χ4n) is 2.17. The third kappa shape index (κ3) is 4.33. The second-order valence-corrected chi connectivity index (χ2v) is 4.63. The molecule has 0 radical (unpaired) electrons. The number of hydrogen-bond donors (Lipinski definition) is 1. The van der Waals surface area contributed by atoms with E-state index in [2.05, 4.69) is 0 Å². The number of hydrogen-bond acceptors (Lipinski definition) is 2. The number of benzene rings is 1. The van der Waals surface area contributed by atoms with E-state index in [9.17, 15) is 17.6 Å². The van der Waals surface area contributed by atoms with Gasteiger partial charge in [0.2, 0.25) is 0 Å². The van der Waals surface area contributed by atoms with Crippen molar-refractivity contribution in [3.8, 4) is 0 Å². The molecule has 0 aromatic heterocycles. The maximum Gasteiger partial charge on any atom is 0.416 e. The summed E-state index contributed by atoms with van der Waals surface area (Å²) in [7, 11) is 0. The predicted molar refractivity (Wildman–Crippen MR) is 66.5 cm³/mol. The third-order valence-electron chi connectivity index (χ3n) is 3.00. The molecule has 1 saturated heterocycles. The highest BCUT2D eigenvalue weighted by atomic mass is 35.5. The summed E-state index contributed by atoms with van der Waals surface area (Å²) in [5.74, 6) is -0.858. The van der Waals surface area contributed by atoms with Gasteiger partial charge in [-0.1, -0.05) is 0 Å². The van der Waals surface area contributed by atoms with Gasteiger partial charge in [-0.15, -0.1) is 12.4 Å². The average molecular weight is 299 g/mol. The summed E-state index contributed by atoms with van der Waals surface area (Å²) in [6, 6.07) is 2.70. The third-order valence-corrected chi connectivity index (χ3v) is 3.00. The summed E-state index contributed by atoms with van der Waals surface area (Å²) in [5.41, 5.74) is 5.10. The molecule has 2 N–H and O–H groups in total. The molecule has 0 amide bonds. The lowest BCUT2D eigenvalue weighted by Gasteiger charge is -2.16. The van der Waals surface area contributed by atoms with Crippen LogP contribution in [0.5, 0.6) is 0 Å². The first-order valence-corrected chi connectivity index (χ1v) is 5.69. The van der Waals surface area contributed by atoms with Gasteiger partial charge in [-0.2, -0.15) is 13.2 Å². The van der Waals surface area contributed by atoms with Crippen LogP contribution in [0.15, 0.2) is 18.2 Å². The second-order valence-electron chi connectivity index (χ2n) is 4.63. The van der Waals surface area contributed by atoms with E-state index in [-0.39, 0.29) is 18.4 Å². The minimum atomic E-state index is -4.52. The Balaban J connectivity index is 0.00000180. The van der Waals surface area contributed by atoms with Crippen LogP contribution in [-0.4, -0.2) is 24.0 Å². The molecule has 108 valence electrons. The van der Waals surface area contributed by atoms with Crippen LogP contribution in [0.1, 0.15) is 17.5 Å². The lowest BCUT2D eigenvalue weighted by Crippen LogP contribution is -2.26. The zero-order valence-electron chi connectivity index (χ0n) is 10.1. The molecule has 0 aliphatic carbocycles. The van der Waals surface area contributed by atoms with Gasteiger partial charge in [0.25, 0.3) is 0 Å². The van der Waals surface area contributed by atoms with E-state index in [4.69, 9.17) is 5.73 Å². The van der Waals surface area contributed by atoms with Crippen molar-refractivity contribution in [2.24, 2.45) is 5.73 Å². The Kier molecular flexibility index (Phi) is 5.18. The first-order valence-electron chi connectivity index (χ1n) is 5.69. The molecule has 1 fully saturated rings. The van der Waals surface area contributed by atoms with Crippen molar-refractivity contribution in [2.45, 2.75) is 25.2 Å². The summed E-state index contributed by atoms with van der Waals surface area (Å²) in [6.07, 6.45) is -3.69. The van der Waals surface area contributed by atoms with Crippen LogP contribution < -0.4 is 5.73 Å². The van der Waals surface area contributed by atoms with E-state index in [1.54, 1.807) is 0 Å². The zero-order valence-corrected chi connectivity index (χ0v) is 10.9. The van der Waals surface area contributed by atoms with Crippen LogP contribution in [0.4, 0.5) is 17.6 Å². The normalized spacial score (nSPS) is 20.4. The van der Waals surface area contributed by atoms with E-state index in [1.807, 2.05) is 4.90 Å². The van der Waals surface area contributed by atoms with Gasteiger partial charge in [-0.05, 0) is 30.2 Å². The lowest BCUT2D eigenvalue weighted by molar-refractivity contribution is -0.137. The van der Waals surface area contributed by atoms with Crippen molar-refractivity contribution in [1.82, 2.24) is 4.90 Å². The average Bonchev–Trinajstić information content (AvgIpc) is 2.61. The number of nitrogens with zero attached hydrogens (tertiary/aromatic N) is 1. The Morgan fingerprint density at radius 1 is 1.26 bits per heavy atom. The van der Waals surface area contributed by atoms with Crippen LogP contribution >= 0.6 is 12.4 Å². The molecule has 0 bridgehead atoms. The first kappa shape index (κ1) is 16.2. The van der Waals surface area contributed by atoms with Crippen LogP contribution in [0.25, 0.3) is 0 Å². The number of nitrogens with two attached hydrogens (primary N) is 1. The number of rotatable bonds is 2. The van der Waals surface area contributed by atoms with E-state index < -0.39 is 17.6 Å². The van der Waals surface area contributed by atoms with E-state index in [0.717, 1.165) is 25.1 Å². The molecule has 1 unspecified atom stereocenters. The molecule has 19 heavy (non-hydrogen) atoms. The molecule has 1 heterocycles. The molecule has 1 aliphatic rings. The molecule has 2 rings (SSSR count). The van der Waals surface area contributed by atoms with Crippen molar-refractivity contribution in [2.75, 3.05) is 13.1 Å². The Morgan fingerprint density at radius 3 is 2.47 bits per heavy atom. The number of likely N-dealkylation sites (tertiary alicyclic amines) is 1. The van der Waals surface area contributed by atoms with Crippen LogP contribution in [0.3, 0.4) is 0 Å². The minimum absolute atomic E-state index is 0. The Hall–Kier alpha value is -0.850. The predicted octanol–water partition coefficient (Wildman–Crippen LogP) is 2.80. The van der Waals surface area contributed by atoms with Crippen molar-refractivity contribution in [1.29, 1.82) is 0 Å². The van der Waals surface area contributed by atoms with Crippen molar-refractivity contribution < 1.29 is 17.6 Å². The topological polar surface area (TPSA) is 29.3 Å². The number of halogens is 5. The fourth-order valence-corrected chi connectivity index (χ4v) is 2.17. The molecule has 2 nitrogen and oxygen atoms in total. The monoisotopic (exact) mass is 298 g/mol. The summed E-state index contributed by atoms with van der Waals surface area (Å²) in [4.78, 5) is 1.93. The molecule has 1 aromatic carbocycles. The van der Waals surface area contributed by atoms with Gasteiger partial charge in [-0.3, -0.25) is 4.90 Å². The zero-order chi connectivity index (χ0) is 13.3. The number of alkyl halides is 3. The summed E-state index contributed by atoms with van der Waals surface area (Å²) >= 11 is 0. The maximum absolute atomic E-state index is 13.2. The molecule has 1 aromatic rings. The van der Waals surface area contributed by atoms with Crippen molar-refractivity contribution in [3.05, 3.63) is 35.1 Å². The highest BCUT2D eigenvalue weighted by Crippen LogP contribution is 2.30. The molecule has 0 saturated carbocycles. The van der Waals surface area contributed by atoms with Crippen LogP contribution in [0.2, 0.25) is 0 Å². The Morgan fingerprint density at radius 2 is 1.95 bits per heavy atom. The Bertz CT molecular complexity index is 436. The molecule has 0 spiro atoms. The van der Waals surface area contributed by atoms with Crippen molar-refractivity contribution >= 4 is 12.4 Å². The van der Waals surface area contributed by atoms with Crippen LogP contribution in [0, 0.1) is 5.82 Å². The van der Waals surface area contributed by atoms with Gasteiger partial charge >= 0.3 is 6.18 Å². The smallest absolute Gasteiger partial charge is 0.326 e. The standard InChI is InChI=1S/C12H14F4N2.ClH/c13-10-4-8(3-9(5-10)12(14,15)16)6-18-2-1-11(17)7-18;/h3-5,11H,1-2,6-7,17H2;1H. The minimum Gasteiger partial charge on any atom is -0.326 e. The SMILES string of the molecule is Cl.NC1CCN(Cc2cc(F)cc(C(F)(F)F)c2)C1. The van der Waals surface area contributed by atoms with Crippen molar-refractivity contribution in [3.63, 3.8) is 0 Å². The Labute approximate surface area is 115 Å². The fraction of sp³-hybridized carbons (Fsp3) is 0.500. The van der Waals surface area contributed by atoms with Crippen LogP contribution in [-0.2, 0) is 12.7 Å². The molecular weight excluding hydrogens is 284 g/mol. The van der Waals surface area contributed by atoms with Gasteiger partial charge < -0.3 is 5.73 Å². The van der Waals surface area contributed by atoms with Gasteiger partial charge in [0.15, 0.2) is 0 Å². The van der Waals surface area contributed by atoms with E-state index in [0.29, 0.717) is 24.7 Å². The quantitative estimate of drug-likeness (QED) is 0.851. The second kappa shape index (κ2) is 6.07. The highest BCUT2D eigenvalue weighted by Gasteiger charge is 2.31.